The highest BCUT2D eigenvalue weighted by Crippen LogP contribution is 2.38. The zero-order chi connectivity index (χ0) is 25.4. The van der Waals surface area contributed by atoms with Crippen LogP contribution in [0.25, 0.3) is 11.1 Å². The summed E-state index contributed by atoms with van der Waals surface area (Å²) in [5.74, 6) is -0.572. The topological polar surface area (TPSA) is 130 Å². The molecule has 2 aromatic carbocycles. The van der Waals surface area contributed by atoms with Crippen molar-refractivity contribution in [3.8, 4) is 0 Å². The van der Waals surface area contributed by atoms with E-state index in [1.54, 1.807) is 48.2 Å². The molecule has 1 amide bonds. The molecule has 0 saturated carbocycles. The molecule has 0 fully saturated rings. The monoisotopic (exact) mass is 506 g/mol. The highest BCUT2D eigenvalue weighted by Gasteiger charge is 2.35. The van der Waals surface area contributed by atoms with Crippen molar-refractivity contribution in [1.82, 2.24) is 9.97 Å². The maximum Gasteiger partial charge on any atom is 0.302 e. The number of carbonyl (C=O) groups excluding carboxylic acids is 1. The van der Waals surface area contributed by atoms with Gasteiger partial charge in [0.2, 0.25) is 11.9 Å². The SMILES string of the molecule is CC1=C(C(N)=O)C(c2ccccc2Cl)N=C(Nc2nc3ccc(F)cc3o2)N1c1cc(CO)ccn1. The summed E-state index contributed by atoms with van der Waals surface area (Å²) in [5.41, 5.74) is 8.32. The summed E-state index contributed by atoms with van der Waals surface area (Å²) >= 11 is 6.46. The maximum absolute atomic E-state index is 13.7. The van der Waals surface area contributed by atoms with Crippen molar-refractivity contribution in [2.24, 2.45) is 10.7 Å². The predicted molar refractivity (Wildman–Crippen MR) is 134 cm³/mol. The smallest absolute Gasteiger partial charge is 0.302 e. The Balaban J connectivity index is 1.68. The summed E-state index contributed by atoms with van der Waals surface area (Å²) in [6.07, 6.45) is 1.53. The minimum atomic E-state index is -0.835. The highest BCUT2D eigenvalue weighted by molar-refractivity contribution is 6.31. The number of aliphatic imine (C=N–C) groups is 1. The molecule has 0 spiro atoms. The molecule has 4 aromatic rings. The van der Waals surface area contributed by atoms with E-state index in [1.807, 2.05) is 0 Å². The van der Waals surface area contributed by atoms with Crippen molar-refractivity contribution in [3.05, 3.63) is 94.0 Å². The number of aromatic nitrogens is 2. The van der Waals surface area contributed by atoms with Gasteiger partial charge in [-0.2, -0.15) is 4.98 Å². The number of amides is 1. The number of nitrogens with two attached hydrogens (primary N) is 1. The Morgan fingerprint density at radius 1 is 1.25 bits per heavy atom. The van der Waals surface area contributed by atoms with Gasteiger partial charge in [0.1, 0.15) is 23.2 Å². The number of rotatable bonds is 5. The molecule has 11 heteroatoms. The summed E-state index contributed by atoms with van der Waals surface area (Å²) in [5, 5.41) is 13.1. The second-order valence-electron chi connectivity index (χ2n) is 8.01. The van der Waals surface area contributed by atoms with Gasteiger partial charge in [0.05, 0.1) is 12.2 Å². The van der Waals surface area contributed by atoms with E-state index < -0.39 is 17.8 Å². The largest absolute Gasteiger partial charge is 0.423 e. The number of aliphatic hydroxyl groups is 1. The molecule has 0 radical (unpaired) electrons. The molecule has 1 aliphatic rings. The standard InChI is InChI=1S/C25H20ClFN6O3/c1-13-21(23(28)35)22(16-4-2-3-5-17(16)26)31-24(33(13)20-10-14(12-34)8-9-29-20)32-25-30-18-7-6-15(27)11-19(18)36-25/h2-11,22,34H,12H2,1H3,(H2,28,35)(H,30,31,32). The van der Waals surface area contributed by atoms with Crippen molar-refractivity contribution in [3.63, 3.8) is 0 Å². The van der Waals surface area contributed by atoms with E-state index in [1.165, 1.54) is 24.4 Å². The number of primary amides is 1. The molecule has 0 saturated heterocycles. The molecule has 0 aliphatic carbocycles. The molecule has 2 aromatic heterocycles. The van der Waals surface area contributed by atoms with Crippen LogP contribution in [0.4, 0.5) is 16.2 Å². The van der Waals surface area contributed by atoms with Crippen LogP contribution in [0.5, 0.6) is 0 Å². The van der Waals surface area contributed by atoms with Crippen LogP contribution in [0.15, 0.2) is 81.5 Å². The van der Waals surface area contributed by atoms with Crippen LogP contribution in [-0.4, -0.2) is 26.9 Å². The highest BCUT2D eigenvalue weighted by atomic mass is 35.5. The molecule has 9 nitrogen and oxygen atoms in total. The average Bonchev–Trinajstić information content (AvgIpc) is 3.25. The van der Waals surface area contributed by atoms with Gasteiger partial charge in [-0.1, -0.05) is 29.8 Å². The third-order valence-electron chi connectivity index (χ3n) is 5.72. The van der Waals surface area contributed by atoms with Crippen LogP contribution in [0.2, 0.25) is 5.02 Å². The van der Waals surface area contributed by atoms with Crippen LogP contribution >= 0.6 is 11.6 Å². The summed E-state index contributed by atoms with van der Waals surface area (Å²) in [7, 11) is 0. The quantitative estimate of drug-likeness (QED) is 0.368. The minimum absolute atomic E-state index is 0.0471. The van der Waals surface area contributed by atoms with Gasteiger partial charge < -0.3 is 15.3 Å². The van der Waals surface area contributed by atoms with Crippen LogP contribution in [0, 0.1) is 5.82 Å². The van der Waals surface area contributed by atoms with E-state index in [9.17, 15) is 14.3 Å². The first-order chi connectivity index (χ1) is 17.4. The van der Waals surface area contributed by atoms with Crippen molar-refractivity contribution in [2.75, 3.05) is 10.2 Å². The van der Waals surface area contributed by atoms with E-state index in [0.717, 1.165) is 0 Å². The van der Waals surface area contributed by atoms with Crippen LogP contribution in [0.1, 0.15) is 24.1 Å². The molecule has 36 heavy (non-hydrogen) atoms. The van der Waals surface area contributed by atoms with Gasteiger partial charge in [0.25, 0.3) is 0 Å². The molecule has 1 aliphatic heterocycles. The Labute approximate surface area is 209 Å². The number of halogens is 2. The molecule has 5 rings (SSSR count). The number of guanidine groups is 1. The fourth-order valence-corrected chi connectivity index (χ4v) is 4.29. The van der Waals surface area contributed by atoms with E-state index in [2.05, 4.69) is 15.3 Å². The Morgan fingerprint density at radius 3 is 2.81 bits per heavy atom. The second kappa shape index (κ2) is 9.40. The fraction of sp³-hybridized carbons (Fsp3) is 0.120. The third kappa shape index (κ3) is 4.28. The normalized spacial score (nSPS) is 15.8. The Bertz CT molecular complexity index is 1550. The zero-order valence-electron chi connectivity index (χ0n) is 18.9. The number of oxazole rings is 1. The number of allylic oxidation sites excluding steroid dienone is 1. The van der Waals surface area contributed by atoms with Gasteiger partial charge in [-0.3, -0.25) is 15.0 Å². The lowest BCUT2D eigenvalue weighted by Crippen LogP contribution is -2.42. The van der Waals surface area contributed by atoms with Gasteiger partial charge in [0.15, 0.2) is 5.58 Å². The first-order valence-corrected chi connectivity index (χ1v) is 11.3. The van der Waals surface area contributed by atoms with E-state index in [-0.39, 0.29) is 29.7 Å². The molecule has 1 atom stereocenters. The number of hydrogen-bond donors (Lipinski definition) is 3. The van der Waals surface area contributed by atoms with Gasteiger partial charge >= 0.3 is 6.01 Å². The van der Waals surface area contributed by atoms with Crippen LogP contribution in [0.3, 0.4) is 0 Å². The summed E-state index contributed by atoms with van der Waals surface area (Å²) < 4.78 is 19.4. The summed E-state index contributed by atoms with van der Waals surface area (Å²) in [4.78, 5) is 27.8. The molecule has 182 valence electrons. The molecule has 0 bridgehead atoms. The van der Waals surface area contributed by atoms with Crippen molar-refractivity contribution in [1.29, 1.82) is 0 Å². The maximum atomic E-state index is 13.7. The Kier molecular flexibility index (Phi) is 6.13. The van der Waals surface area contributed by atoms with Crippen molar-refractivity contribution >= 4 is 46.4 Å². The van der Waals surface area contributed by atoms with E-state index in [0.29, 0.717) is 33.2 Å². The molecule has 3 heterocycles. The van der Waals surface area contributed by atoms with Gasteiger partial charge in [-0.05, 0) is 42.8 Å². The lowest BCUT2D eigenvalue weighted by molar-refractivity contribution is -0.114. The average molecular weight is 507 g/mol. The number of benzene rings is 2. The number of aliphatic hydroxyl groups excluding tert-OH is 1. The Morgan fingerprint density at radius 2 is 2.06 bits per heavy atom. The molecule has 1 unspecified atom stereocenters. The molecule has 4 N–H and O–H groups in total. The van der Waals surface area contributed by atoms with Crippen LogP contribution < -0.4 is 16.0 Å². The second-order valence-corrected chi connectivity index (χ2v) is 8.42. The number of fused-ring (bicyclic) bond motifs is 1. The first kappa shape index (κ1) is 23.5. The number of pyridine rings is 1. The Hall–Kier alpha value is -4.28. The lowest BCUT2D eigenvalue weighted by atomic mass is 9.95. The lowest BCUT2D eigenvalue weighted by Gasteiger charge is -2.34. The van der Waals surface area contributed by atoms with E-state index >= 15 is 0 Å². The third-order valence-corrected chi connectivity index (χ3v) is 6.06. The van der Waals surface area contributed by atoms with Gasteiger partial charge in [-0.15, -0.1) is 0 Å². The summed E-state index contributed by atoms with van der Waals surface area (Å²) in [6, 6.07) is 13.5. The number of nitrogens with one attached hydrogen (secondary N) is 1. The molecular weight excluding hydrogens is 487 g/mol. The number of nitrogens with zero attached hydrogens (tertiary/aromatic N) is 4. The van der Waals surface area contributed by atoms with Crippen molar-refractivity contribution in [2.45, 2.75) is 19.6 Å². The van der Waals surface area contributed by atoms with Gasteiger partial charge in [-0.25, -0.2) is 14.4 Å². The zero-order valence-corrected chi connectivity index (χ0v) is 19.7. The van der Waals surface area contributed by atoms with Gasteiger partial charge in [0, 0.05) is 28.5 Å². The van der Waals surface area contributed by atoms with E-state index in [4.69, 9.17) is 26.7 Å². The minimum Gasteiger partial charge on any atom is -0.423 e. The number of hydrogen-bond acceptors (Lipinski definition) is 8. The summed E-state index contributed by atoms with van der Waals surface area (Å²) in [6.45, 7) is 1.49. The molecular formula is C25H20ClFN6O3. The first-order valence-electron chi connectivity index (χ1n) is 10.9. The number of anilines is 2. The van der Waals surface area contributed by atoms with Crippen LogP contribution in [-0.2, 0) is 11.4 Å². The number of carbonyl (C=O) groups is 1. The predicted octanol–water partition coefficient (Wildman–Crippen LogP) is 4.30. The fourth-order valence-electron chi connectivity index (χ4n) is 4.05. The van der Waals surface area contributed by atoms with Crippen molar-refractivity contribution < 1.29 is 18.7 Å².